The summed E-state index contributed by atoms with van der Waals surface area (Å²) in [7, 11) is -3.21. The van der Waals surface area contributed by atoms with Crippen LogP contribution in [-0.2, 0) is 10.7 Å². The highest BCUT2D eigenvalue weighted by molar-refractivity contribution is 7.85. The van der Waals surface area contributed by atoms with Crippen LogP contribution in [0, 0.1) is 0 Å². The molecule has 0 unspecified atom stereocenters. The molecule has 10 rings (SSSR count). The molecule has 0 saturated carbocycles. The number of benzene rings is 8. The Balaban J connectivity index is 1.19. The van der Waals surface area contributed by atoms with E-state index in [4.69, 9.17) is 15.0 Å². The van der Waals surface area contributed by atoms with Crippen LogP contribution in [-0.4, -0.2) is 15.0 Å². The third-order valence-corrected chi connectivity index (χ3v) is 14.0. The Kier molecular flexibility index (Phi) is 9.19. The van der Waals surface area contributed by atoms with E-state index in [1.165, 1.54) is 0 Å². The fourth-order valence-corrected chi connectivity index (χ4v) is 10.8. The van der Waals surface area contributed by atoms with Gasteiger partial charge in [-0.3, -0.25) is 0 Å². The molecule has 0 radical (unpaired) electrons. The third kappa shape index (κ3) is 6.44. The van der Waals surface area contributed by atoms with Gasteiger partial charge in [0.15, 0.2) is 7.14 Å². The summed E-state index contributed by atoms with van der Waals surface area (Å²) in [4.78, 5) is 15.1. The summed E-state index contributed by atoms with van der Waals surface area (Å²) in [5, 5.41) is 2.96. The molecule has 8 aromatic carbocycles. The molecule has 0 aliphatic carbocycles. The lowest BCUT2D eigenvalue weighted by molar-refractivity contribution is -0.136. The lowest BCUT2D eigenvalue weighted by atomic mass is 9.92. The maximum Gasteiger partial charge on any atom is 0.417 e. The van der Waals surface area contributed by atoms with Gasteiger partial charge in [0.25, 0.3) is 0 Å². The van der Waals surface area contributed by atoms with Gasteiger partial charge in [-0.15, -0.1) is 0 Å². The normalized spacial score (nSPS) is 12.0. The maximum atomic E-state index is 15.5. The summed E-state index contributed by atoms with van der Waals surface area (Å²) in [5.74, 6) is 0. The van der Waals surface area contributed by atoms with Crippen molar-refractivity contribution in [3.63, 3.8) is 0 Å². The Labute approximate surface area is 344 Å². The van der Waals surface area contributed by atoms with Crippen molar-refractivity contribution >= 4 is 55.8 Å². The van der Waals surface area contributed by atoms with E-state index < -0.39 is 18.9 Å². The minimum absolute atomic E-state index is 0.0476. The zero-order valence-electron chi connectivity index (χ0n) is 31.9. The zero-order valence-corrected chi connectivity index (χ0v) is 32.8. The topological polar surface area (TPSA) is 55.7 Å². The molecule has 0 bridgehead atoms. The molecule has 0 amide bonds. The molecule has 0 fully saturated rings. The van der Waals surface area contributed by atoms with E-state index in [2.05, 4.69) is 0 Å². The van der Waals surface area contributed by atoms with E-state index in [9.17, 15) is 0 Å². The average molecular weight is 804 g/mol. The van der Waals surface area contributed by atoms with Crippen LogP contribution in [0.15, 0.2) is 200 Å². The lowest BCUT2D eigenvalue weighted by Gasteiger charge is -2.20. The summed E-state index contributed by atoms with van der Waals surface area (Å²) < 4.78 is 61.6. The van der Waals surface area contributed by atoms with Crippen LogP contribution in [0.5, 0.6) is 0 Å². The molecule has 60 heavy (non-hydrogen) atoms. The Bertz CT molecular complexity index is 3210. The van der Waals surface area contributed by atoms with Gasteiger partial charge in [-0.25, -0.2) is 15.0 Å². The van der Waals surface area contributed by atoms with Gasteiger partial charge in [0.1, 0.15) is 0 Å². The SMILES string of the molecule is O=P(c1ccccc1)(c1ccccc1)c1ccc(-c2cccc(-c3nc4ccccc4c4c3c(C(F)(F)F)cc3nc(-c5ccccc5)c(-c5ccccc5)nc34)c2)cc1. The minimum atomic E-state index is -4.75. The van der Waals surface area contributed by atoms with Crippen LogP contribution < -0.4 is 15.9 Å². The fourth-order valence-electron chi connectivity index (χ4n) is 8.12. The molecule has 0 aliphatic rings. The lowest BCUT2D eigenvalue weighted by Crippen LogP contribution is -2.24. The summed E-state index contributed by atoms with van der Waals surface area (Å²) in [5.41, 5.74) is 5.03. The van der Waals surface area contributed by atoms with Crippen molar-refractivity contribution in [1.82, 2.24) is 15.0 Å². The van der Waals surface area contributed by atoms with Gasteiger partial charge in [-0.2, -0.15) is 13.2 Å². The van der Waals surface area contributed by atoms with Gasteiger partial charge >= 0.3 is 6.18 Å². The van der Waals surface area contributed by atoms with Crippen LogP contribution in [0.4, 0.5) is 13.2 Å². The summed E-state index contributed by atoms with van der Waals surface area (Å²) in [6.45, 7) is 0. The largest absolute Gasteiger partial charge is 0.417 e. The van der Waals surface area contributed by atoms with Crippen molar-refractivity contribution in [2.45, 2.75) is 6.18 Å². The van der Waals surface area contributed by atoms with Crippen molar-refractivity contribution < 1.29 is 17.7 Å². The second kappa shape index (κ2) is 14.9. The zero-order chi connectivity index (χ0) is 40.8. The molecule has 0 N–H and O–H groups in total. The first-order valence-corrected chi connectivity index (χ1v) is 21.2. The maximum absolute atomic E-state index is 15.5. The Morgan fingerprint density at radius 3 is 1.47 bits per heavy atom. The standard InChI is InChI=1S/C52H33F3N3OP/c53-52(54,55)43-33-45-51(58-50(36-18-7-2-8-19-36)49(57-45)35-16-5-1-6-17-35)46-42-26-13-14-27-44(42)56-48(47(43)46)38-21-15-20-37(32-38)34-28-30-41(31-29-34)60(59,39-22-9-3-10-23-39)40-24-11-4-12-25-40/h1-33H. The number of aromatic nitrogens is 3. The Morgan fingerprint density at radius 1 is 0.383 bits per heavy atom. The van der Waals surface area contributed by atoms with Gasteiger partial charge < -0.3 is 4.57 Å². The number of nitrogens with zero attached hydrogens (tertiary/aromatic N) is 3. The highest BCUT2D eigenvalue weighted by atomic mass is 31.2. The molecule has 0 spiro atoms. The van der Waals surface area contributed by atoms with Gasteiger partial charge in [-0.1, -0.05) is 182 Å². The van der Waals surface area contributed by atoms with E-state index in [1.54, 1.807) is 18.2 Å². The van der Waals surface area contributed by atoms with Gasteiger partial charge in [-0.05, 0) is 29.3 Å². The summed E-state index contributed by atoms with van der Waals surface area (Å²) >= 11 is 0. The third-order valence-electron chi connectivity index (χ3n) is 10.9. The molecular formula is C52H33F3N3OP. The minimum Gasteiger partial charge on any atom is -0.309 e. The van der Waals surface area contributed by atoms with E-state index in [0.717, 1.165) is 38.9 Å². The van der Waals surface area contributed by atoms with E-state index in [0.29, 0.717) is 44.1 Å². The van der Waals surface area contributed by atoms with Gasteiger partial charge in [0.2, 0.25) is 0 Å². The molecule has 2 aromatic heterocycles. The number of para-hydroxylation sites is 1. The molecule has 288 valence electrons. The van der Waals surface area contributed by atoms with Crippen molar-refractivity contribution in [3.8, 4) is 44.9 Å². The Morgan fingerprint density at radius 2 is 0.867 bits per heavy atom. The second-order valence-corrected chi connectivity index (χ2v) is 17.3. The molecule has 0 atom stereocenters. The van der Waals surface area contributed by atoms with Gasteiger partial charge in [0.05, 0.1) is 39.2 Å². The molecule has 4 nitrogen and oxygen atoms in total. The number of rotatable bonds is 7. The number of halogens is 3. The number of hydrogen-bond donors (Lipinski definition) is 0. The highest BCUT2D eigenvalue weighted by Crippen LogP contribution is 2.46. The molecule has 8 heteroatoms. The van der Waals surface area contributed by atoms with Crippen LogP contribution in [0.2, 0.25) is 0 Å². The van der Waals surface area contributed by atoms with Crippen molar-refractivity contribution in [2.75, 3.05) is 0 Å². The van der Waals surface area contributed by atoms with E-state index in [1.807, 2.05) is 176 Å². The second-order valence-electron chi connectivity index (χ2n) is 14.6. The average Bonchev–Trinajstić information content (AvgIpc) is 3.31. The predicted molar refractivity (Wildman–Crippen MR) is 238 cm³/mol. The summed E-state index contributed by atoms with van der Waals surface area (Å²) in [6.07, 6.45) is -4.75. The summed E-state index contributed by atoms with van der Waals surface area (Å²) in [6, 6.07) is 61.3. The first kappa shape index (κ1) is 37.1. The van der Waals surface area contributed by atoms with E-state index >= 15 is 17.7 Å². The molecule has 10 aromatic rings. The molecule has 2 heterocycles. The quantitative estimate of drug-likeness (QED) is 0.119. The van der Waals surface area contributed by atoms with Crippen LogP contribution >= 0.6 is 7.14 Å². The molecule has 0 aliphatic heterocycles. The number of fused-ring (bicyclic) bond motifs is 5. The monoisotopic (exact) mass is 803 g/mol. The van der Waals surface area contributed by atoms with Crippen molar-refractivity contribution in [2.24, 2.45) is 0 Å². The number of alkyl halides is 3. The van der Waals surface area contributed by atoms with Crippen LogP contribution in [0.25, 0.3) is 77.6 Å². The van der Waals surface area contributed by atoms with Crippen LogP contribution in [0.1, 0.15) is 5.56 Å². The predicted octanol–water partition coefficient (Wildman–Crippen LogP) is 12.7. The first-order valence-electron chi connectivity index (χ1n) is 19.5. The molecular weight excluding hydrogens is 771 g/mol. The smallest absolute Gasteiger partial charge is 0.309 e. The van der Waals surface area contributed by atoms with Gasteiger partial charge in [0, 0.05) is 48.8 Å². The van der Waals surface area contributed by atoms with Crippen molar-refractivity contribution in [3.05, 3.63) is 206 Å². The van der Waals surface area contributed by atoms with E-state index in [-0.39, 0.29) is 16.6 Å². The number of pyridine rings is 1. The molecule has 0 saturated heterocycles. The fraction of sp³-hybridized carbons (Fsp3) is 0.0192. The van der Waals surface area contributed by atoms with Crippen molar-refractivity contribution in [1.29, 1.82) is 0 Å². The highest BCUT2D eigenvalue weighted by Gasteiger charge is 2.36. The number of hydrogen-bond acceptors (Lipinski definition) is 4. The van der Waals surface area contributed by atoms with Crippen LogP contribution in [0.3, 0.4) is 0 Å². The first-order chi connectivity index (χ1) is 29.3. The Hall–Kier alpha value is -7.21.